The Labute approximate surface area is 141 Å². The van der Waals surface area contributed by atoms with Gasteiger partial charge in [-0.1, -0.05) is 18.2 Å². The zero-order valence-electron chi connectivity index (χ0n) is 13.8. The summed E-state index contributed by atoms with van der Waals surface area (Å²) in [4.78, 5) is 24.8. The molecule has 24 heavy (non-hydrogen) atoms. The van der Waals surface area contributed by atoms with Crippen molar-refractivity contribution in [3.8, 4) is 5.75 Å². The molecule has 2 aliphatic heterocycles. The lowest BCUT2D eigenvalue weighted by Crippen LogP contribution is -2.38. The first-order valence-electron chi connectivity index (χ1n) is 8.25. The Morgan fingerprint density at radius 3 is 2.79 bits per heavy atom. The molecule has 0 aromatic heterocycles. The van der Waals surface area contributed by atoms with E-state index in [-0.39, 0.29) is 30.1 Å². The number of hydrogen-bond donors (Lipinski definition) is 0. The Morgan fingerprint density at radius 2 is 2.04 bits per heavy atom. The van der Waals surface area contributed by atoms with E-state index in [0.29, 0.717) is 43.4 Å². The molecule has 5 heteroatoms. The van der Waals surface area contributed by atoms with Gasteiger partial charge in [-0.15, -0.1) is 6.58 Å². The largest absolute Gasteiger partial charge is 0.496 e. The van der Waals surface area contributed by atoms with Gasteiger partial charge in [-0.05, 0) is 11.6 Å². The first-order chi connectivity index (χ1) is 11.6. The molecule has 1 saturated heterocycles. The van der Waals surface area contributed by atoms with Crippen LogP contribution in [-0.4, -0.2) is 37.2 Å². The van der Waals surface area contributed by atoms with Crippen LogP contribution in [0.1, 0.15) is 41.6 Å². The van der Waals surface area contributed by atoms with Gasteiger partial charge in [-0.2, -0.15) is 0 Å². The SMILES string of the molecule is C=CC[C@@H]1C[C@@H]2CC(=O)C[C@@H](Cc3cccc(OC)c3C(=O)O1)O2. The topological polar surface area (TPSA) is 61.8 Å². The van der Waals surface area contributed by atoms with E-state index >= 15 is 0 Å². The maximum atomic E-state index is 12.7. The summed E-state index contributed by atoms with van der Waals surface area (Å²) in [5.41, 5.74) is 1.21. The molecule has 3 atom stereocenters. The average molecular weight is 330 g/mol. The predicted molar refractivity (Wildman–Crippen MR) is 88.2 cm³/mol. The van der Waals surface area contributed by atoms with Gasteiger partial charge in [0.2, 0.25) is 0 Å². The fourth-order valence-corrected chi connectivity index (χ4v) is 3.49. The highest BCUT2D eigenvalue weighted by Gasteiger charge is 2.34. The number of ether oxygens (including phenoxy) is 3. The van der Waals surface area contributed by atoms with Crippen LogP contribution >= 0.6 is 0 Å². The second-order valence-corrected chi connectivity index (χ2v) is 6.31. The van der Waals surface area contributed by atoms with Crippen molar-refractivity contribution >= 4 is 11.8 Å². The van der Waals surface area contributed by atoms with Gasteiger partial charge in [0.15, 0.2) is 0 Å². The minimum atomic E-state index is -0.388. The number of esters is 1. The molecule has 3 rings (SSSR count). The van der Waals surface area contributed by atoms with Crippen molar-refractivity contribution in [3.63, 3.8) is 0 Å². The third-order valence-corrected chi connectivity index (χ3v) is 4.51. The summed E-state index contributed by atoms with van der Waals surface area (Å²) in [5.74, 6) is 0.291. The summed E-state index contributed by atoms with van der Waals surface area (Å²) < 4.78 is 17.1. The van der Waals surface area contributed by atoms with E-state index in [1.807, 2.05) is 12.1 Å². The van der Waals surface area contributed by atoms with Crippen molar-refractivity contribution in [1.29, 1.82) is 0 Å². The van der Waals surface area contributed by atoms with Crippen LogP contribution in [0.2, 0.25) is 0 Å². The van der Waals surface area contributed by atoms with Gasteiger partial charge in [-0.25, -0.2) is 4.79 Å². The summed E-state index contributed by atoms with van der Waals surface area (Å²) in [6, 6.07) is 5.44. The Balaban J connectivity index is 2.01. The quantitative estimate of drug-likeness (QED) is 0.630. The third-order valence-electron chi connectivity index (χ3n) is 4.51. The van der Waals surface area contributed by atoms with Crippen molar-refractivity contribution in [2.24, 2.45) is 0 Å². The third kappa shape index (κ3) is 3.51. The van der Waals surface area contributed by atoms with Gasteiger partial charge < -0.3 is 14.2 Å². The van der Waals surface area contributed by atoms with Crippen molar-refractivity contribution in [1.82, 2.24) is 0 Å². The Bertz CT molecular complexity index is 651. The molecule has 0 spiro atoms. The van der Waals surface area contributed by atoms with Crippen LogP contribution in [-0.2, 0) is 20.7 Å². The van der Waals surface area contributed by atoms with Crippen LogP contribution < -0.4 is 4.74 Å². The van der Waals surface area contributed by atoms with Gasteiger partial charge in [0.1, 0.15) is 23.2 Å². The number of cyclic esters (lactones) is 1. The van der Waals surface area contributed by atoms with Gasteiger partial charge in [-0.3, -0.25) is 4.79 Å². The Hall–Kier alpha value is -2.14. The van der Waals surface area contributed by atoms with Crippen LogP contribution in [0.25, 0.3) is 0 Å². The number of benzene rings is 1. The van der Waals surface area contributed by atoms with Crippen molar-refractivity contribution < 1.29 is 23.8 Å². The number of fused-ring (bicyclic) bond motifs is 3. The normalized spacial score (nSPS) is 27.0. The lowest BCUT2D eigenvalue weighted by molar-refractivity contribution is -0.137. The smallest absolute Gasteiger partial charge is 0.342 e. The Kier molecular flexibility index (Phi) is 5.00. The van der Waals surface area contributed by atoms with E-state index in [2.05, 4.69) is 6.58 Å². The van der Waals surface area contributed by atoms with E-state index in [9.17, 15) is 9.59 Å². The molecule has 2 aliphatic rings. The lowest BCUT2D eigenvalue weighted by atomic mass is 9.92. The summed E-state index contributed by atoms with van der Waals surface area (Å²) in [6.07, 6.45) is 3.23. The van der Waals surface area contributed by atoms with Crippen molar-refractivity contribution in [2.45, 2.75) is 50.4 Å². The minimum absolute atomic E-state index is 0.199. The molecule has 0 unspecified atom stereocenters. The number of Topliss-reactive ketones (excluding diaryl/α,β-unsaturated/α-hetero) is 1. The maximum Gasteiger partial charge on any atom is 0.342 e. The number of rotatable bonds is 3. The molecule has 1 fully saturated rings. The monoisotopic (exact) mass is 330 g/mol. The molecule has 1 aromatic rings. The maximum absolute atomic E-state index is 12.7. The number of carbonyl (C=O) groups is 2. The van der Waals surface area contributed by atoms with Crippen LogP contribution in [0.5, 0.6) is 5.75 Å². The molecule has 128 valence electrons. The summed E-state index contributed by atoms with van der Waals surface area (Å²) in [6.45, 7) is 3.72. The molecule has 0 radical (unpaired) electrons. The second-order valence-electron chi connectivity index (χ2n) is 6.31. The molecule has 0 aliphatic carbocycles. The highest BCUT2D eigenvalue weighted by atomic mass is 16.6. The number of carbonyl (C=O) groups excluding carboxylic acids is 2. The van der Waals surface area contributed by atoms with Crippen LogP contribution in [0.4, 0.5) is 0 Å². The summed E-state index contributed by atoms with van der Waals surface area (Å²) >= 11 is 0. The van der Waals surface area contributed by atoms with Crippen molar-refractivity contribution in [3.05, 3.63) is 42.0 Å². The average Bonchev–Trinajstić information content (AvgIpc) is 2.53. The highest BCUT2D eigenvalue weighted by Crippen LogP contribution is 2.31. The van der Waals surface area contributed by atoms with E-state index in [1.165, 1.54) is 7.11 Å². The fraction of sp³-hybridized carbons (Fsp3) is 0.474. The second kappa shape index (κ2) is 7.18. The van der Waals surface area contributed by atoms with Gasteiger partial charge in [0, 0.05) is 32.1 Å². The molecule has 0 N–H and O–H groups in total. The molecule has 1 aromatic carbocycles. The number of hydrogen-bond acceptors (Lipinski definition) is 5. The standard InChI is InChI=1S/C19H22O5/c1-3-5-14-11-16-10-13(20)9-15(23-16)8-12-6-4-7-17(22-2)18(12)19(21)24-14/h3-4,6-7,14-16H,1,5,8-11H2,2H3/t14-,15-,16+/m1/s1. The Morgan fingerprint density at radius 1 is 1.25 bits per heavy atom. The minimum Gasteiger partial charge on any atom is -0.496 e. The molecule has 2 heterocycles. The van der Waals surface area contributed by atoms with E-state index < -0.39 is 0 Å². The molecule has 0 saturated carbocycles. The van der Waals surface area contributed by atoms with Crippen LogP contribution in [0.15, 0.2) is 30.9 Å². The van der Waals surface area contributed by atoms with Crippen LogP contribution in [0, 0.1) is 0 Å². The molecular weight excluding hydrogens is 308 g/mol. The van der Waals surface area contributed by atoms with Crippen LogP contribution in [0.3, 0.4) is 0 Å². The highest BCUT2D eigenvalue weighted by molar-refractivity contribution is 5.94. The lowest BCUT2D eigenvalue weighted by Gasteiger charge is -2.33. The summed E-state index contributed by atoms with van der Waals surface area (Å²) in [7, 11) is 1.53. The first-order valence-corrected chi connectivity index (χ1v) is 8.25. The number of methoxy groups -OCH3 is 1. The van der Waals surface area contributed by atoms with E-state index in [0.717, 1.165) is 5.56 Å². The molecule has 2 bridgehead atoms. The van der Waals surface area contributed by atoms with E-state index in [1.54, 1.807) is 12.1 Å². The van der Waals surface area contributed by atoms with Gasteiger partial charge in [0.05, 0.1) is 19.3 Å². The molecule has 0 amide bonds. The summed E-state index contributed by atoms with van der Waals surface area (Å²) in [5, 5.41) is 0. The zero-order chi connectivity index (χ0) is 17.1. The van der Waals surface area contributed by atoms with Gasteiger partial charge in [0.25, 0.3) is 0 Å². The first kappa shape index (κ1) is 16.7. The van der Waals surface area contributed by atoms with E-state index in [4.69, 9.17) is 14.2 Å². The van der Waals surface area contributed by atoms with Gasteiger partial charge >= 0.3 is 5.97 Å². The molecular formula is C19H22O5. The predicted octanol–water partition coefficient (Wildman–Crippen LogP) is 2.86. The number of ketones is 1. The zero-order valence-corrected chi connectivity index (χ0v) is 13.8. The molecule has 5 nitrogen and oxygen atoms in total. The fourth-order valence-electron chi connectivity index (χ4n) is 3.49. The van der Waals surface area contributed by atoms with Crippen molar-refractivity contribution in [2.75, 3.05) is 7.11 Å².